The first kappa shape index (κ1) is 12.2. The highest BCUT2D eigenvalue weighted by Crippen LogP contribution is 2.29. The molecule has 6 heteroatoms. The number of nitrogens with zero attached hydrogens (tertiary/aromatic N) is 1. The number of ether oxygens (including phenoxy) is 1. The zero-order valence-electron chi connectivity index (χ0n) is 8.38. The van der Waals surface area contributed by atoms with Crippen LogP contribution >= 0.6 is 0 Å². The van der Waals surface area contributed by atoms with Crippen LogP contribution in [0, 0.1) is 11.3 Å². The lowest BCUT2D eigenvalue weighted by Crippen LogP contribution is -2.31. The summed E-state index contributed by atoms with van der Waals surface area (Å²) in [5, 5.41) is 8.58. The average Bonchev–Trinajstić information content (AvgIpc) is 2.19. The maximum Gasteiger partial charge on any atom is 0.425 e. The number of alkyl halides is 3. The Morgan fingerprint density at radius 2 is 2.06 bits per heavy atom. The lowest BCUT2D eigenvalue weighted by Gasteiger charge is -2.18. The summed E-state index contributed by atoms with van der Waals surface area (Å²) in [5.41, 5.74) is 5.69. The van der Waals surface area contributed by atoms with Crippen molar-refractivity contribution in [3.05, 3.63) is 23.8 Å². The maximum absolute atomic E-state index is 12.2. The maximum atomic E-state index is 12.2. The van der Waals surface area contributed by atoms with Crippen LogP contribution in [0.2, 0.25) is 0 Å². The monoisotopic (exact) mass is 230 g/mol. The van der Waals surface area contributed by atoms with E-state index in [1.165, 1.54) is 18.2 Å². The summed E-state index contributed by atoms with van der Waals surface area (Å²) in [5.74, 6) is -0.135. The fourth-order valence-corrected chi connectivity index (χ4v) is 0.963. The smallest absolute Gasteiger partial charge is 0.425 e. The van der Waals surface area contributed by atoms with Crippen LogP contribution in [0.3, 0.4) is 0 Å². The molecule has 0 spiro atoms. The number of halogens is 3. The third kappa shape index (κ3) is 2.79. The molecule has 1 aromatic carbocycles. The quantitative estimate of drug-likeness (QED) is 0.794. The predicted octanol–water partition coefficient (Wildman–Crippen LogP) is 2.47. The van der Waals surface area contributed by atoms with E-state index in [0.29, 0.717) is 0 Å². The lowest BCUT2D eigenvalue weighted by atomic mass is 10.2. The topological polar surface area (TPSA) is 59.0 Å². The summed E-state index contributed by atoms with van der Waals surface area (Å²) in [6, 6.07) is 5.70. The Hall–Kier alpha value is -1.90. The largest absolute Gasteiger partial charge is 0.479 e. The van der Waals surface area contributed by atoms with Gasteiger partial charge in [-0.1, -0.05) is 0 Å². The number of nitrogens with two attached hydrogens (primary N) is 1. The molecule has 0 aliphatic carbocycles. The highest BCUT2D eigenvalue weighted by atomic mass is 19.4. The molecule has 0 saturated heterocycles. The molecule has 0 aliphatic rings. The van der Waals surface area contributed by atoms with Gasteiger partial charge in [0.25, 0.3) is 0 Å². The van der Waals surface area contributed by atoms with Crippen LogP contribution in [-0.2, 0) is 0 Å². The number of nitrogen functional groups attached to an aromatic ring is 1. The molecule has 1 atom stereocenters. The van der Waals surface area contributed by atoms with Crippen molar-refractivity contribution in [2.45, 2.75) is 19.2 Å². The van der Waals surface area contributed by atoms with Crippen LogP contribution in [0.5, 0.6) is 5.75 Å². The Morgan fingerprint density at radius 1 is 1.44 bits per heavy atom. The molecule has 0 aliphatic heterocycles. The second kappa shape index (κ2) is 4.31. The van der Waals surface area contributed by atoms with Gasteiger partial charge in [0.2, 0.25) is 0 Å². The van der Waals surface area contributed by atoms with Crippen molar-refractivity contribution >= 4 is 5.69 Å². The molecular formula is C10H9F3N2O. The van der Waals surface area contributed by atoms with Crippen molar-refractivity contribution in [1.82, 2.24) is 0 Å². The van der Waals surface area contributed by atoms with Crippen molar-refractivity contribution < 1.29 is 17.9 Å². The lowest BCUT2D eigenvalue weighted by molar-refractivity contribution is -0.189. The minimum atomic E-state index is -4.46. The summed E-state index contributed by atoms with van der Waals surface area (Å²) >= 11 is 0. The number of hydrogen-bond donors (Lipinski definition) is 1. The van der Waals surface area contributed by atoms with Gasteiger partial charge in [0.05, 0.1) is 17.3 Å². The van der Waals surface area contributed by atoms with E-state index >= 15 is 0 Å². The Labute approximate surface area is 90.2 Å². The van der Waals surface area contributed by atoms with E-state index in [4.69, 9.17) is 11.0 Å². The fourth-order valence-electron chi connectivity index (χ4n) is 0.963. The standard InChI is InChI=1S/C10H9F3N2O/c1-6(10(11,12)13)16-9-4-7(5-14)2-3-8(9)15/h2-4,6H,15H2,1H3/t6-/m1/s1. The van der Waals surface area contributed by atoms with Gasteiger partial charge >= 0.3 is 6.18 Å². The number of nitriles is 1. The zero-order valence-corrected chi connectivity index (χ0v) is 8.38. The summed E-state index contributed by atoms with van der Waals surface area (Å²) in [4.78, 5) is 0. The molecule has 0 amide bonds. The molecule has 3 nitrogen and oxygen atoms in total. The molecule has 0 bridgehead atoms. The molecule has 0 fully saturated rings. The van der Waals surface area contributed by atoms with Gasteiger partial charge in [-0.25, -0.2) is 0 Å². The van der Waals surface area contributed by atoms with Crippen molar-refractivity contribution in [2.24, 2.45) is 0 Å². The van der Waals surface area contributed by atoms with E-state index in [9.17, 15) is 13.2 Å². The second-order valence-corrected chi connectivity index (χ2v) is 3.17. The number of hydrogen-bond acceptors (Lipinski definition) is 3. The van der Waals surface area contributed by atoms with Gasteiger partial charge in [-0.15, -0.1) is 0 Å². The van der Waals surface area contributed by atoms with E-state index < -0.39 is 12.3 Å². The van der Waals surface area contributed by atoms with Gasteiger partial charge in [0.15, 0.2) is 6.10 Å². The van der Waals surface area contributed by atoms with Gasteiger partial charge in [-0.3, -0.25) is 0 Å². The van der Waals surface area contributed by atoms with Crippen LogP contribution in [0.4, 0.5) is 18.9 Å². The minimum Gasteiger partial charge on any atom is -0.479 e. The molecule has 0 saturated carbocycles. The summed E-state index contributed by atoms with van der Waals surface area (Å²) in [6.07, 6.45) is -6.43. The zero-order chi connectivity index (χ0) is 12.3. The van der Waals surface area contributed by atoms with E-state index in [2.05, 4.69) is 4.74 Å². The van der Waals surface area contributed by atoms with Crippen LogP contribution in [0.25, 0.3) is 0 Å². The summed E-state index contributed by atoms with van der Waals surface area (Å²) in [7, 11) is 0. The van der Waals surface area contributed by atoms with Gasteiger partial charge < -0.3 is 10.5 Å². The first-order chi connectivity index (χ1) is 7.34. The Bertz CT molecular complexity index is 423. The van der Waals surface area contributed by atoms with Crippen LogP contribution in [0.15, 0.2) is 18.2 Å². The molecule has 1 rings (SSSR count). The number of anilines is 1. The van der Waals surface area contributed by atoms with Crippen LogP contribution in [-0.4, -0.2) is 12.3 Å². The molecular weight excluding hydrogens is 221 g/mol. The third-order valence-electron chi connectivity index (χ3n) is 1.91. The van der Waals surface area contributed by atoms with E-state index in [1.807, 2.05) is 0 Å². The number of benzene rings is 1. The molecule has 86 valence electrons. The Balaban J connectivity index is 2.93. The van der Waals surface area contributed by atoms with Gasteiger partial charge in [0, 0.05) is 6.07 Å². The molecule has 1 aromatic rings. The van der Waals surface area contributed by atoms with E-state index in [-0.39, 0.29) is 17.0 Å². The Morgan fingerprint density at radius 3 is 2.56 bits per heavy atom. The highest BCUT2D eigenvalue weighted by Gasteiger charge is 2.38. The summed E-state index contributed by atoms with van der Waals surface area (Å²) in [6.45, 7) is 0.873. The van der Waals surface area contributed by atoms with Crippen molar-refractivity contribution in [2.75, 3.05) is 5.73 Å². The van der Waals surface area contributed by atoms with Crippen LogP contribution < -0.4 is 10.5 Å². The molecule has 16 heavy (non-hydrogen) atoms. The molecule has 0 aromatic heterocycles. The predicted molar refractivity (Wildman–Crippen MR) is 51.7 cm³/mol. The first-order valence-electron chi connectivity index (χ1n) is 4.37. The fraction of sp³-hybridized carbons (Fsp3) is 0.300. The average molecular weight is 230 g/mol. The SMILES string of the molecule is C[C@@H](Oc1cc(C#N)ccc1N)C(F)(F)F. The van der Waals surface area contributed by atoms with E-state index in [0.717, 1.165) is 6.92 Å². The van der Waals surface area contributed by atoms with Gasteiger partial charge in [0.1, 0.15) is 5.75 Å². The second-order valence-electron chi connectivity index (χ2n) is 3.17. The molecule has 0 heterocycles. The van der Waals surface area contributed by atoms with Gasteiger partial charge in [-0.2, -0.15) is 18.4 Å². The van der Waals surface area contributed by atoms with Crippen molar-refractivity contribution in [1.29, 1.82) is 5.26 Å². The minimum absolute atomic E-state index is 0.0649. The summed E-state index contributed by atoms with van der Waals surface area (Å²) < 4.78 is 41.3. The molecule has 0 unspecified atom stereocenters. The highest BCUT2D eigenvalue weighted by molar-refractivity contribution is 5.56. The normalized spacial score (nSPS) is 12.9. The first-order valence-corrected chi connectivity index (χ1v) is 4.37. The van der Waals surface area contributed by atoms with E-state index in [1.54, 1.807) is 6.07 Å². The van der Waals surface area contributed by atoms with Crippen molar-refractivity contribution in [3.8, 4) is 11.8 Å². The van der Waals surface area contributed by atoms with Crippen molar-refractivity contribution in [3.63, 3.8) is 0 Å². The van der Waals surface area contributed by atoms with Crippen LogP contribution in [0.1, 0.15) is 12.5 Å². The third-order valence-corrected chi connectivity index (χ3v) is 1.91. The number of rotatable bonds is 2. The molecule has 0 radical (unpaired) electrons. The van der Waals surface area contributed by atoms with Gasteiger partial charge in [-0.05, 0) is 19.1 Å². The molecule has 2 N–H and O–H groups in total. The Kier molecular flexibility index (Phi) is 3.28.